The second kappa shape index (κ2) is 6.58. The topological polar surface area (TPSA) is 24.7 Å². The Bertz CT molecular complexity index is 222. The van der Waals surface area contributed by atoms with Gasteiger partial charge in [0.25, 0.3) is 0 Å². The lowest BCUT2D eigenvalue weighted by Gasteiger charge is -2.02. The SMILES string of the molecule is C/C=C(/C)C/N=C\C(=N/C)C(C)C. The van der Waals surface area contributed by atoms with E-state index >= 15 is 0 Å². The van der Waals surface area contributed by atoms with Crippen LogP contribution in [0.15, 0.2) is 21.6 Å². The van der Waals surface area contributed by atoms with Crippen molar-refractivity contribution in [2.24, 2.45) is 15.9 Å². The number of hydrogen-bond donors (Lipinski definition) is 0. The van der Waals surface area contributed by atoms with Crippen molar-refractivity contribution in [3.05, 3.63) is 11.6 Å². The van der Waals surface area contributed by atoms with Crippen LogP contribution in [0, 0.1) is 5.92 Å². The molecule has 0 radical (unpaired) electrons. The molecule has 13 heavy (non-hydrogen) atoms. The van der Waals surface area contributed by atoms with E-state index in [9.17, 15) is 0 Å². The van der Waals surface area contributed by atoms with Gasteiger partial charge >= 0.3 is 0 Å². The molecule has 2 heteroatoms. The maximum atomic E-state index is 4.31. The van der Waals surface area contributed by atoms with Crippen LogP contribution in [0.4, 0.5) is 0 Å². The summed E-state index contributed by atoms with van der Waals surface area (Å²) in [6, 6.07) is 0. The van der Waals surface area contributed by atoms with Crippen LogP contribution in [0.1, 0.15) is 27.7 Å². The zero-order chi connectivity index (χ0) is 10.3. The van der Waals surface area contributed by atoms with Crippen molar-refractivity contribution in [1.29, 1.82) is 0 Å². The standard InChI is InChI=1S/C11H20N2/c1-6-10(4)7-13-8-11(12-5)9(2)3/h6,8-9H,7H2,1-5H3/b10-6-,12-11+,13-8-. The molecule has 0 aromatic carbocycles. The zero-order valence-electron chi connectivity index (χ0n) is 9.33. The fourth-order valence-electron chi connectivity index (χ4n) is 0.839. The van der Waals surface area contributed by atoms with Gasteiger partial charge in [0.15, 0.2) is 0 Å². The summed E-state index contributed by atoms with van der Waals surface area (Å²) in [6.45, 7) is 9.13. The van der Waals surface area contributed by atoms with E-state index in [0.717, 1.165) is 12.3 Å². The summed E-state index contributed by atoms with van der Waals surface area (Å²) < 4.78 is 0. The minimum Gasteiger partial charge on any atom is -0.291 e. The van der Waals surface area contributed by atoms with E-state index in [1.807, 2.05) is 20.2 Å². The lowest BCUT2D eigenvalue weighted by molar-refractivity contribution is 0.892. The summed E-state index contributed by atoms with van der Waals surface area (Å²) in [5.41, 5.74) is 2.35. The lowest BCUT2D eigenvalue weighted by Crippen LogP contribution is -2.09. The van der Waals surface area contributed by atoms with E-state index in [2.05, 4.69) is 36.8 Å². The first-order valence-corrected chi connectivity index (χ1v) is 4.70. The van der Waals surface area contributed by atoms with Crippen LogP contribution < -0.4 is 0 Å². The van der Waals surface area contributed by atoms with Crippen LogP contribution in [0.2, 0.25) is 0 Å². The molecule has 0 unspecified atom stereocenters. The first-order chi connectivity index (χ1) is 6.11. The molecule has 0 rings (SSSR count). The highest BCUT2D eigenvalue weighted by molar-refractivity contribution is 6.31. The van der Waals surface area contributed by atoms with E-state index < -0.39 is 0 Å². The average Bonchev–Trinajstić information content (AvgIpc) is 2.11. The number of nitrogens with zero attached hydrogens (tertiary/aromatic N) is 2. The largest absolute Gasteiger partial charge is 0.291 e. The second-order valence-corrected chi connectivity index (χ2v) is 3.41. The van der Waals surface area contributed by atoms with Crippen LogP contribution in [0.5, 0.6) is 0 Å². The van der Waals surface area contributed by atoms with Crippen molar-refractivity contribution in [2.45, 2.75) is 27.7 Å². The third-order valence-electron chi connectivity index (χ3n) is 1.91. The molecular weight excluding hydrogens is 160 g/mol. The molecule has 0 bridgehead atoms. The highest BCUT2D eigenvalue weighted by Gasteiger charge is 1.98. The van der Waals surface area contributed by atoms with Gasteiger partial charge in [0.2, 0.25) is 0 Å². The molecule has 0 N–H and O–H groups in total. The molecule has 0 amide bonds. The van der Waals surface area contributed by atoms with Crippen LogP contribution in [-0.2, 0) is 0 Å². The summed E-state index contributed by atoms with van der Waals surface area (Å²) in [6.07, 6.45) is 3.95. The van der Waals surface area contributed by atoms with Gasteiger partial charge in [-0.2, -0.15) is 0 Å². The van der Waals surface area contributed by atoms with Gasteiger partial charge in [0.05, 0.1) is 12.3 Å². The van der Waals surface area contributed by atoms with Gasteiger partial charge in [0.1, 0.15) is 0 Å². The summed E-state index contributed by atoms with van der Waals surface area (Å²) in [5, 5.41) is 0. The fraction of sp³-hybridized carbons (Fsp3) is 0.636. The van der Waals surface area contributed by atoms with Gasteiger partial charge in [-0.3, -0.25) is 9.98 Å². The molecule has 0 saturated heterocycles. The minimum atomic E-state index is 0.458. The molecule has 0 aromatic rings. The monoisotopic (exact) mass is 180 g/mol. The Morgan fingerprint density at radius 2 is 2.00 bits per heavy atom. The Kier molecular flexibility index (Phi) is 6.11. The van der Waals surface area contributed by atoms with Gasteiger partial charge in [-0.15, -0.1) is 0 Å². The predicted molar refractivity (Wildman–Crippen MR) is 61.0 cm³/mol. The number of rotatable bonds is 4. The van der Waals surface area contributed by atoms with E-state index in [1.54, 1.807) is 0 Å². The van der Waals surface area contributed by atoms with E-state index in [4.69, 9.17) is 0 Å². The fourth-order valence-corrected chi connectivity index (χ4v) is 0.839. The Balaban J connectivity index is 4.11. The summed E-state index contributed by atoms with van der Waals surface area (Å²) in [5.74, 6) is 0.458. The maximum absolute atomic E-state index is 4.31. The van der Waals surface area contributed by atoms with Crippen molar-refractivity contribution in [3.8, 4) is 0 Å². The molecule has 0 fully saturated rings. The van der Waals surface area contributed by atoms with E-state index in [0.29, 0.717) is 5.92 Å². The Labute approximate surface area is 81.5 Å². The molecule has 0 aliphatic carbocycles. The third kappa shape index (κ3) is 5.34. The van der Waals surface area contributed by atoms with Crippen LogP contribution in [-0.4, -0.2) is 25.5 Å². The van der Waals surface area contributed by atoms with Crippen molar-refractivity contribution in [2.75, 3.05) is 13.6 Å². The Hall–Kier alpha value is -0.920. The van der Waals surface area contributed by atoms with Crippen molar-refractivity contribution < 1.29 is 0 Å². The second-order valence-electron chi connectivity index (χ2n) is 3.41. The molecule has 0 aromatic heterocycles. The van der Waals surface area contributed by atoms with Gasteiger partial charge in [-0.05, 0) is 19.8 Å². The van der Waals surface area contributed by atoms with Gasteiger partial charge in [-0.25, -0.2) is 0 Å². The Morgan fingerprint density at radius 3 is 2.38 bits per heavy atom. The van der Waals surface area contributed by atoms with E-state index in [1.165, 1.54) is 5.57 Å². The lowest BCUT2D eigenvalue weighted by atomic mass is 10.1. The first kappa shape index (κ1) is 12.1. The van der Waals surface area contributed by atoms with Gasteiger partial charge < -0.3 is 0 Å². The molecule has 0 aliphatic rings. The number of aliphatic imine (C=N–C) groups is 2. The molecular formula is C11H20N2. The van der Waals surface area contributed by atoms with Crippen LogP contribution >= 0.6 is 0 Å². The van der Waals surface area contributed by atoms with Crippen LogP contribution in [0.25, 0.3) is 0 Å². The molecule has 0 heterocycles. The van der Waals surface area contributed by atoms with Crippen molar-refractivity contribution in [1.82, 2.24) is 0 Å². The Morgan fingerprint density at radius 1 is 1.38 bits per heavy atom. The summed E-state index contributed by atoms with van der Waals surface area (Å²) in [7, 11) is 1.81. The number of allylic oxidation sites excluding steroid dienone is 1. The van der Waals surface area contributed by atoms with Gasteiger partial charge in [-0.1, -0.05) is 25.5 Å². The quantitative estimate of drug-likeness (QED) is 0.469. The first-order valence-electron chi connectivity index (χ1n) is 4.70. The van der Waals surface area contributed by atoms with E-state index in [-0.39, 0.29) is 0 Å². The smallest absolute Gasteiger partial charge is 0.0597 e. The average molecular weight is 180 g/mol. The summed E-state index contributed by atoms with van der Waals surface area (Å²) >= 11 is 0. The molecule has 0 atom stereocenters. The van der Waals surface area contributed by atoms with Gasteiger partial charge in [0, 0.05) is 13.3 Å². The molecule has 74 valence electrons. The molecule has 0 saturated carbocycles. The van der Waals surface area contributed by atoms with Crippen molar-refractivity contribution >= 4 is 11.9 Å². The normalized spacial score (nSPS) is 14.6. The van der Waals surface area contributed by atoms with Crippen LogP contribution in [0.3, 0.4) is 0 Å². The molecule has 2 nitrogen and oxygen atoms in total. The highest BCUT2D eigenvalue weighted by atomic mass is 14.8. The maximum Gasteiger partial charge on any atom is 0.0597 e. The molecule has 0 aliphatic heterocycles. The number of hydrogen-bond acceptors (Lipinski definition) is 2. The molecule has 0 spiro atoms. The minimum absolute atomic E-state index is 0.458. The van der Waals surface area contributed by atoms with Crippen molar-refractivity contribution in [3.63, 3.8) is 0 Å². The predicted octanol–water partition coefficient (Wildman–Crippen LogP) is 2.75. The highest BCUT2D eigenvalue weighted by Crippen LogP contribution is 1.96. The zero-order valence-corrected chi connectivity index (χ0v) is 9.33. The third-order valence-corrected chi connectivity index (χ3v) is 1.91. The summed E-state index contributed by atoms with van der Waals surface area (Å²) in [4.78, 5) is 8.47.